The van der Waals surface area contributed by atoms with Crippen LogP contribution in [0.3, 0.4) is 0 Å². The number of carbonyl (C=O) groups is 2. The molecule has 29 heavy (non-hydrogen) atoms. The van der Waals surface area contributed by atoms with E-state index in [-0.39, 0.29) is 33.7 Å². The molecule has 1 unspecified atom stereocenters. The highest BCUT2D eigenvalue weighted by atomic mass is 35.5. The topological polar surface area (TPSA) is 147 Å². The number of nitrogens with zero attached hydrogens (tertiary/aromatic N) is 3. The van der Waals surface area contributed by atoms with E-state index < -0.39 is 17.9 Å². The Hall–Kier alpha value is -2.98. The van der Waals surface area contributed by atoms with Crippen molar-refractivity contribution in [1.82, 2.24) is 14.9 Å². The number of halogens is 1. The number of aromatic nitrogens is 2. The van der Waals surface area contributed by atoms with Gasteiger partial charge in [-0.15, -0.1) is 0 Å². The lowest BCUT2D eigenvalue weighted by Crippen LogP contribution is -2.32. The highest BCUT2D eigenvalue weighted by molar-refractivity contribution is 7.99. The average Bonchev–Trinajstić information content (AvgIpc) is 2.89. The summed E-state index contributed by atoms with van der Waals surface area (Å²) in [6.07, 6.45) is 1.86. The summed E-state index contributed by atoms with van der Waals surface area (Å²) in [5.41, 5.74) is 11.4. The second kappa shape index (κ2) is 8.18. The van der Waals surface area contributed by atoms with Crippen LogP contribution >= 0.6 is 23.4 Å². The van der Waals surface area contributed by atoms with Gasteiger partial charge in [0, 0.05) is 11.9 Å². The average molecular weight is 435 g/mol. The van der Waals surface area contributed by atoms with E-state index in [1.807, 2.05) is 6.92 Å². The first-order chi connectivity index (χ1) is 13.7. The number of aliphatic hydroxyl groups excluding tert-OH is 1. The summed E-state index contributed by atoms with van der Waals surface area (Å²) in [7, 11) is 1.54. The predicted octanol–water partition coefficient (Wildman–Crippen LogP) is 2.45. The molecule has 6 N–H and O–H groups in total. The number of benzene rings is 1. The van der Waals surface area contributed by atoms with E-state index in [1.165, 1.54) is 18.1 Å². The van der Waals surface area contributed by atoms with Crippen molar-refractivity contribution in [3.8, 4) is 0 Å². The van der Waals surface area contributed by atoms with E-state index in [0.29, 0.717) is 16.3 Å². The number of nitrogens with one attached hydrogen (secondary N) is 1. The third-order valence-electron chi connectivity index (χ3n) is 4.39. The van der Waals surface area contributed by atoms with E-state index >= 15 is 0 Å². The van der Waals surface area contributed by atoms with Gasteiger partial charge in [0.15, 0.2) is 5.82 Å². The highest BCUT2D eigenvalue weighted by Gasteiger charge is 2.39. The zero-order chi connectivity index (χ0) is 21.3. The number of carbonyl (C=O) groups excluding carboxylic acids is 2. The van der Waals surface area contributed by atoms with Gasteiger partial charge in [0.2, 0.25) is 0 Å². The number of anilines is 3. The van der Waals surface area contributed by atoms with Crippen LogP contribution in [0.4, 0.5) is 17.3 Å². The van der Waals surface area contributed by atoms with E-state index in [4.69, 9.17) is 23.1 Å². The summed E-state index contributed by atoms with van der Waals surface area (Å²) in [4.78, 5) is 35.0. The van der Waals surface area contributed by atoms with Crippen molar-refractivity contribution in [2.24, 2.45) is 0 Å². The van der Waals surface area contributed by atoms with Crippen LogP contribution in [0.2, 0.25) is 5.02 Å². The summed E-state index contributed by atoms with van der Waals surface area (Å²) in [6.45, 7) is 1.81. The molecule has 3 rings (SSSR count). The monoisotopic (exact) mass is 434 g/mol. The molecule has 1 aliphatic heterocycles. The lowest BCUT2D eigenvalue weighted by Gasteiger charge is -2.18. The summed E-state index contributed by atoms with van der Waals surface area (Å²) >= 11 is 7.58. The Morgan fingerprint density at radius 3 is 2.76 bits per heavy atom. The van der Waals surface area contributed by atoms with Gasteiger partial charge < -0.3 is 26.8 Å². The molecule has 0 fully saturated rings. The smallest absolute Gasteiger partial charge is 0.264 e. The molecule has 0 aliphatic carbocycles. The molecule has 2 amide bonds. The molecule has 0 radical (unpaired) electrons. The van der Waals surface area contributed by atoms with Gasteiger partial charge in [-0.1, -0.05) is 36.4 Å². The lowest BCUT2D eigenvalue weighted by atomic mass is 10.1. The quantitative estimate of drug-likeness (QED) is 0.524. The minimum atomic E-state index is -0.730. The SMILES string of the molecule is CCC1C(O)=C(C(=O)Nc2cccc(Sc3ncc(N)nc3N)c2Cl)C(=O)N1C. The number of nitrogen functional groups attached to an aromatic ring is 2. The minimum Gasteiger partial charge on any atom is -0.509 e. The van der Waals surface area contributed by atoms with Crippen LogP contribution in [-0.2, 0) is 9.59 Å². The van der Waals surface area contributed by atoms with Crippen molar-refractivity contribution in [3.63, 3.8) is 0 Å². The zero-order valence-electron chi connectivity index (χ0n) is 15.6. The molecule has 1 atom stereocenters. The molecule has 0 saturated carbocycles. The fourth-order valence-corrected chi connectivity index (χ4v) is 4.02. The van der Waals surface area contributed by atoms with Crippen molar-refractivity contribution in [1.29, 1.82) is 0 Å². The van der Waals surface area contributed by atoms with Crippen LogP contribution in [0.5, 0.6) is 0 Å². The molecule has 0 bridgehead atoms. The number of nitrogens with two attached hydrogens (primary N) is 2. The van der Waals surface area contributed by atoms with Gasteiger partial charge in [0.25, 0.3) is 11.8 Å². The van der Waals surface area contributed by atoms with Crippen LogP contribution in [-0.4, -0.2) is 44.9 Å². The van der Waals surface area contributed by atoms with Gasteiger partial charge in [-0.3, -0.25) is 9.59 Å². The maximum absolute atomic E-state index is 12.7. The molecule has 0 spiro atoms. The molecular formula is C18H19ClN6O3S. The molecular weight excluding hydrogens is 416 g/mol. The molecule has 1 aliphatic rings. The van der Waals surface area contributed by atoms with Crippen molar-refractivity contribution in [2.75, 3.05) is 23.8 Å². The molecule has 11 heteroatoms. The fourth-order valence-electron chi connectivity index (χ4n) is 2.92. The first-order valence-corrected chi connectivity index (χ1v) is 9.80. The molecule has 9 nitrogen and oxygen atoms in total. The van der Waals surface area contributed by atoms with E-state index in [1.54, 1.807) is 18.2 Å². The second-order valence-electron chi connectivity index (χ2n) is 6.26. The van der Waals surface area contributed by atoms with E-state index in [9.17, 15) is 14.7 Å². The summed E-state index contributed by atoms with van der Waals surface area (Å²) < 4.78 is 0. The first kappa shape index (κ1) is 20.7. The normalized spacial score (nSPS) is 16.4. The number of aliphatic hydroxyl groups is 1. The maximum Gasteiger partial charge on any atom is 0.264 e. The molecule has 2 heterocycles. The zero-order valence-corrected chi connectivity index (χ0v) is 17.2. The van der Waals surface area contributed by atoms with Crippen LogP contribution < -0.4 is 16.8 Å². The fraction of sp³-hybridized carbons (Fsp3) is 0.222. The Bertz CT molecular complexity index is 1030. The van der Waals surface area contributed by atoms with Crippen molar-refractivity contribution >= 4 is 52.5 Å². The maximum atomic E-state index is 12.7. The molecule has 2 aromatic rings. The number of hydrogen-bond acceptors (Lipinski definition) is 8. The number of rotatable bonds is 5. The second-order valence-corrected chi connectivity index (χ2v) is 7.67. The molecule has 152 valence electrons. The van der Waals surface area contributed by atoms with Crippen molar-refractivity contribution < 1.29 is 14.7 Å². The Labute approximate surface area is 176 Å². The van der Waals surface area contributed by atoms with E-state index in [0.717, 1.165) is 11.8 Å². The predicted molar refractivity (Wildman–Crippen MR) is 112 cm³/mol. The van der Waals surface area contributed by atoms with Crippen molar-refractivity contribution in [3.05, 3.63) is 40.8 Å². The Kier molecular flexibility index (Phi) is 5.85. The standard InChI is InChI=1S/C18H19ClN6O3S/c1-3-9-14(26)12(18(28)25(9)2)16(27)23-8-5-4-6-10(13(8)19)29-17-15(21)24-11(20)7-22-17/h4-7,9,26H,3H2,1-2H3,(H,23,27)(H4,20,21,24). The Morgan fingerprint density at radius 2 is 2.14 bits per heavy atom. The Morgan fingerprint density at radius 1 is 1.41 bits per heavy atom. The van der Waals surface area contributed by atoms with Gasteiger partial charge in [-0.05, 0) is 18.6 Å². The summed E-state index contributed by atoms with van der Waals surface area (Å²) in [5, 5.41) is 13.5. The van der Waals surface area contributed by atoms with Gasteiger partial charge in [-0.25, -0.2) is 9.97 Å². The minimum absolute atomic E-state index is 0.154. The van der Waals surface area contributed by atoms with Crippen LogP contribution in [0.25, 0.3) is 0 Å². The number of likely N-dealkylation sites (N-methyl/N-ethyl adjacent to an activating group) is 1. The van der Waals surface area contributed by atoms with Crippen molar-refractivity contribution in [2.45, 2.75) is 29.3 Å². The summed E-state index contributed by atoms with van der Waals surface area (Å²) in [6, 6.07) is 4.46. The molecule has 1 aromatic carbocycles. The summed E-state index contributed by atoms with van der Waals surface area (Å²) in [5.74, 6) is -1.17. The highest BCUT2D eigenvalue weighted by Crippen LogP contribution is 2.38. The van der Waals surface area contributed by atoms with Gasteiger partial charge >= 0.3 is 0 Å². The van der Waals surface area contributed by atoms with Crippen LogP contribution in [0, 0.1) is 0 Å². The van der Waals surface area contributed by atoms with Gasteiger partial charge in [-0.2, -0.15) is 0 Å². The molecule has 0 saturated heterocycles. The Balaban J connectivity index is 1.86. The molecule has 1 aromatic heterocycles. The third-order valence-corrected chi connectivity index (χ3v) is 5.98. The lowest BCUT2D eigenvalue weighted by molar-refractivity contribution is -0.127. The van der Waals surface area contributed by atoms with Gasteiger partial charge in [0.05, 0.1) is 22.9 Å². The first-order valence-electron chi connectivity index (χ1n) is 8.60. The third kappa shape index (κ3) is 3.94. The largest absolute Gasteiger partial charge is 0.509 e. The van der Waals surface area contributed by atoms with E-state index in [2.05, 4.69) is 15.3 Å². The van der Waals surface area contributed by atoms with Crippen LogP contribution in [0.1, 0.15) is 13.3 Å². The van der Waals surface area contributed by atoms with Crippen LogP contribution in [0.15, 0.2) is 45.6 Å². The number of amides is 2. The van der Waals surface area contributed by atoms with Gasteiger partial charge in [0.1, 0.15) is 22.2 Å². The number of hydrogen-bond donors (Lipinski definition) is 4.